The maximum atomic E-state index is 12.6. The van der Waals surface area contributed by atoms with E-state index in [-0.39, 0.29) is 37.4 Å². The summed E-state index contributed by atoms with van der Waals surface area (Å²) in [7, 11) is 0. The third-order valence-corrected chi connectivity index (χ3v) is 4.05. The van der Waals surface area contributed by atoms with Gasteiger partial charge in [0, 0.05) is 6.04 Å². The first-order valence-corrected chi connectivity index (χ1v) is 8.24. The molecule has 0 radical (unpaired) electrons. The molecule has 0 bridgehead atoms. The number of rotatable bonds is 9. The molecule has 144 valence electrons. The summed E-state index contributed by atoms with van der Waals surface area (Å²) in [6.45, 7) is 1.60. The molecule has 1 fully saturated rings. The van der Waals surface area contributed by atoms with Gasteiger partial charge in [0.05, 0.1) is 18.7 Å². The number of amides is 1. The van der Waals surface area contributed by atoms with Crippen molar-refractivity contribution in [2.24, 2.45) is 0 Å². The van der Waals surface area contributed by atoms with Gasteiger partial charge in [-0.25, -0.2) is 0 Å². The number of alkyl halides is 3. The number of ether oxygens (including phenoxy) is 1. The summed E-state index contributed by atoms with van der Waals surface area (Å²) in [6.07, 6.45) is -2.71. The Bertz CT molecular complexity index is 647. The van der Waals surface area contributed by atoms with E-state index in [9.17, 15) is 22.8 Å². The van der Waals surface area contributed by atoms with Crippen LogP contribution in [0, 0.1) is 0 Å². The lowest BCUT2D eigenvalue weighted by Gasteiger charge is -2.25. The van der Waals surface area contributed by atoms with Crippen molar-refractivity contribution in [3.8, 4) is 5.75 Å². The largest absolute Gasteiger partial charge is 0.492 e. The third kappa shape index (κ3) is 5.91. The standard InChI is InChI=1S/C17H21F3N2O4/c1-11(16(24)25)22(13-5-6-13)10-15(23)21-7-8-26-14-4-2-3-12(9-14)17(18,19)20/h2-4,9,11,13H,5-8,10H2,1H3,(H,21,23)(H,24,25). The molecule has 0 aromatic heterocycles. The molecule has 1 aromatic carbocycles. The smallest absolute Gasteiger partial charge is 0.416 e. The molecule has 0 saturated heterocycles. The van der Waals surface area contributed by atoms with Gasteiger partial charge < -0.3 is 15.2 Å². The van der Waals surface area contributed by atoms with Gasteiger partial charge in [-0.1, -0.05) is 6.07 Å². The third-order valence-electron chi connectivity index (χ3n) is 4.05. The van der Waals surface area contributed by atoms with E-state index in [1.807, 2.05) is 0 Å². The highest BCUT2D eigenvalue weighted by atomic mass is 19.4. The van der Waals surface area contributed by atoms with Crippen molar-refractivity contribution in [3.05, 3.63) is 29.8 Å². The van der Waals surface area contributed by atoms with Crippen LogP contribution >= 0.6 is 0 Å². The van der Waals surface area contributed by atoms with E-state index in [0.717, 1.165) is 25.0 Å². The van der Waals surface area contributed by atoms with Crippen molar-refractivity contribution in [1.82, 2.24) is 10.2 Å². The van der Waals surface area contributed by atoms with Crippen LogP contribution in [0.2, 0.25) is 0 Å². The molecule has 1 unspecified atom stereocenters. The summed E-state index contributed by atoms with van der Waals surface area (Å²) >= 11 is 0. The SMILES string of the molecule is CC(C(=O)O)N(CC(=O)NCCOc1cccc(C(F)(F)F)c1)C1CC1. The van der Waals surface area contributed by atoms with Gasteiger partial charge in [0.25, 0.3) is 0 Å². The quantitative estimate of drug-likeness (QED) is 0.648. The predicted molar refractivity (Wildman–Crippen MR) is 86.8 cm³/mol. The second-order valence-electron chi connectivity index (χ2n) is 6.14. The van der Waals surface area contributed by atoms with Crippen molar-refractivity contribution in [2.45, 2.75) is 38.0 Å². The molecular weight excluding hydrogens is 353 g/mol. The summed E-state index contributed by atoms with van der Waals surface area (Å²) in [6, 6.07) is 3.84. The molecule has 1 saturated carbocycles. The number of carboxylic acids is 1. The Morgan fingerprint density at radius 3 is 2.65 bits per heavy atom. The topological polar surface area (TPSA) is 78.9 Å². The maximum absolute atomic E-state index is 12.6. The lowest BCUT2D eigenvalue weighted by Crippen LogP contribution is -2.46. The molecule has 1 atom stereocenters. The molecule has 0 spiro atoms. The van der Waals surface area contributed by atoms with Gasteiger partial charge in [-0.15, -0.1) is 0 Å². The molecule has 26 heavy (non-hydrogen) atoms. The zero-order valence-electron chi connectivity index (χ0n) is 14.3. The van der Waals surface area contributed by atoms with Crippen LogP contribution in [0.1, 0.15) is 25.3 Å². The number of nitrogens with one attached hydrogen (secondary N) is 1. The lowest BCUT2D eigenvalue weighted by molar-refractivity contribution is -0.143. The fraction of sp³-hybridized carbons (Fsp3) is 0.529. The molecule has 0 aliphatic heterocycles. The van der Waals surface area contributed by atoms with Crippen LogP contribution in [0.5, 0.6) is 5.75 Å². The van der Waals surface area contributed by atoms with Crippen LogP contribution in [0.3, 0.4) is 0 Å². The Balaban J connectivity index is 1.75. The highest BCUT2D eigenvalue weighted by molar-refractivity contribution is 5.80. The highest BCUT2D eigenvalue weighted by Gasteiger charge is 2.36. The summed E-state index contributed by atoms with van der Waals surface area (Å²) < 4.78 is 43.1. The molecule has 1 aliphatic rings. The minimum atomic E-state index is -4.44. The molecule has 9 heteroatoms. The molecular formula is C17H21F3N2O4. The first-order chi connectivity index (χ1) is 12.2. The number of carbonyl (C=O) groups excluding carboxylic acids is 1. The van der Waals surface area contributed by atoms with Crippen molar-refractivity contribution in [1.29, 1.82) is 0 Å². The van der Waals surface area contributed by atoms with E-state index in [1.165, 1.54) is 19.1 Å². The molecule has 2 rings (SSSR count). The van der Waals surface area contributed by atoms with Gasteiger partial charge in [-0.3, -0.25) is 14.5 Å². The first-order valence-electron chi connectivity index (χ1n) is 8.24. The van der Waals surface area contributed by atoms with E-state index in [4.69, 9.17) is 9.84 Å². The van der Waals surface area contributed by atoms with Gasteiger partial charge in [-0.05, 0) is 38.0 Å². The second kappa shape index (κ2) is 8.39. The van der Waals surface area contributed by atoms with Gasteiger partial charge in [0.1, 0.15) is 18.4 Å². The molecule has 1 amide bonds. The Morgan fingerprint density at radius 1 is 1.38 bits per heavy atom. The van der Waals surface area contributed by atoms with Crippen LogP contribution in [0.15, 0.2) is 24.3 Å². The van der Waals surface area contributed by atoms with Gasteiger partial charge in [-0.2, -0.15) is 13.2 Å². The normalized spacial score (nSPS) is 15.6. The molecule has 6 nitrogen and oxygen atoms in total. The van der Waals surface area contributed by atoms with Crippen LogP contribution < -0.4 is 10.1 Å². The Morgan fingerprint density at radius 2 is 2.08 bits per heavy atom. The lowest BCUT2D eigenvalue weighted by atomic mass is 10.2. The Labute approximate surface area is 148 Å². The summed E-state index contributed by atoms with van der Waals surface area (Å²) in [5.41, 5.74) is -0.804. The van der Waals surface area contributed by atoms with E-state index in [2.05, 4.69) is 5.32 Å². The highest BCUT2D eigenvalue weighted by Crippen LogP contribution is 2.31. The van der Waals surface area contributed by atoms with Crippen molar-refractivity contribution < 1.29 is 32.6 Å². The van der Waals surface area contributed by atoms with Crippen molar-refractivity contribution >= 4 is 11.9 Å². The number of hydrogen-bond acceptors (Lipinski definition) is 4. The zero-order valence-corrected chi connectivity index (χ0v) is 14.3. The fourth-order valence-electron chi connectivity index (χ4n) is 2.47. The monoisotopic (exact) mass is 374 g/mol. The second-order valence-corrected chi connectivity index (χ2v) is 6.14. The molecule has 2 N–H and O–H groups in total. The number of carboxylic acid groups (broad SMARTS) is 1. The number of benzene rings is 1. The minimum Gasteiger partial charge on any atom is -0.492 e. The average Bonchev–Trinajstić information content (AvgIpc) is 3.40. The van der Waals surface area contributed by atoms with Gasteiger partial charge in [0.15, 0.2) is 0 Å². The van der Waals surface area contributed by atoms with Gasteiger partial charge in [0.2, 0.25) is 5.91 Å². The van der Waals surface area contributed by atoms with Crippen molar-refractivity contribution in [3.63, 3.8) is 0 Å². The van der Waals surface area contributed by atoms with E-state index >= 15 is 0 Å². The molecule has 1 aliphatic carbocycles. The van der Waals surface area contributed by atoms with Gasteiger partial charge >= 0.3 is 12.1 Å². The van der Waals surface area contributed by atoms with E-state index < -0.39 is 23.8 Å². The van der Waals surface area contributed by atoms with E-state index in [0.29, 0.717) is 0 Å². The maximum Gasteiger partial charge on any atom is 0.416 e. The molecule has 1 aromatic rings. The fourth-order valence-corrected chi connectivity index (χ4v) is 2.47. The molecule has 0 heterocycles. The number of hydrogen-bond donors (Lipinski definition) is 2. The van der Waals surface area contributed by atoms with Crippen LogP contribution in [0.25, 0.3) is 0 Å². The summed E-state index contributed by atoms with van der Waals surface area (Å²) in [5, 5.41) is 11.7. The Hall–Kier alpha value is -2.29. The van der Waals surface area contributed by atoms with E-state index in [1.54, 1.807) is 4.90 Å². The summed E-state index contributed by atoms with van der Waals surface area (Å²) in [5.74, 6) is -1.27. The number of halogens is 3. The number of aliphatic carboxylic acids is 1. The number of nitrogens with zero attached hydrogens (tertiary/aromatic N) is 1. The Kier molecular flexibility index (Phi) is 6.47. The van der Waals surface area contributed by atoms with Crippen LogP contribution in [-0.2, 0) is 15.8 Å². The first kappa shape index (κ1) is 20.0. The zero-order chi connectivity index (χ0) is 19.3. The van der Waals surface area contributed by atoms with Crippen LogP contribution in [0.4, 0.5) is 13.2 Å². The average molecular weight is 374 g/mol. The number of carbonyl (C=O) groups is 2. The van der Waals surface area contributed by atoms with Crippen LogP contribution in [-0.4, -0.2) is 53.7 Å². The van der Waals surface area contributed by atoms with Crippen molar-refractivity contribution in [2.75, 3.05) is 19.7 Å². The summed E-state index contributed by atoms with van der Waals surface area (Å²) in [4.78, 5) is 24.7. The predicted octanol–water partition coefficient (Wildman–Crippen LogP) is 2.14. The minimum absolute atomic E-state index is 0.00492.